The summed E-state index contributed by atoms with van der Waals surface area (Å²) in [5, 5.41) is 0.263. The fourth-order valence-electron chi connectivity index (χ4n) is 1.70. The molecule has 2 aromatic heterocycles. The van der Waals surface area contributed by atoms with Crippen LogP contribution in [0.4, 0.5) is 22.0 Å². The molecule has 2 rings (SSSR count). The van der Waals surface area contributed by atoms with Gasteiger partial charge in [-0.05, 0) is 25.3 Å². The molecule has 23 heavy (non-hydrogen) atoms. The molecule has 0 bridgehead atoms. The number of thiophene rings is 1. The van der Waals surface area contributed by atoms with Crippen molar-refractivity contribution in [3.05, 3.63) is 38.2 Å². The van der Waals surface area contributed by atoms with E-state index < -0.39 is 22.7 Å². The van der Waals surface area contributed by atoms with Gasteiger partial charge in [-0.15, -0.1) is 11.3 Å². The number of halogens is 5. The van der Waals surface area contributed by atoms with Crippen molar-refractivity contribution >= 4 is 23.1 Å². The zero-order valence-corrected chi connectivity index (χ0v) is 13.5. The molecule has 0 fully saturated rings. The van der Waals surface area contributed by atoms with Crippen molar-refractivity contribution in [3.63, 3.8) is 0 Å². The lowest BCUT2D eigenvalue weighted by molar-refractivity contribution is -0.287. The quantitative estimate of drug-likeness (QED) is 0.610. The number of aryl methyl sites for hydroxylation is 1. The van der Waals surface area contributed by atoms with Crippen LogP contribution in [0, 0.1) is 6.92 Å². The maximum Gasteiger partial charge on any atom is 0.458 e. The van der Waals surface area contributed by atoms with Crippen molar-refractivity contribution in [2.45, 2.75) is 30.7 Å². The third-order valence-corrected chi connectivity index (χ3v) is 4.58. The molecule has 4 nitrogen and oxygen atoms in total. The second-order valence-electron chi connectivity index (χ2n) is 4.46. The second-order valence-corrected chi connectivity index (χ2v) is 6.41. The van der Waals surface area contributed by atoms with Gasteiger partial charge >= 0.3 is 17.8 Å². The minimum atomic E-state index is -5.66. The van der Waals surface area contributed by atoms with Gasteiger partial charge in [0.15, 0.2) is 5.16 Å². The van der Waals surface area contributed by atoms with Crippen LogP contribution in [0.3, 0.4) is 0 Å². The molecule has 0 saturated heterocycles. The summed E-state index contributed by atoms with van der Waals surface area (Å²) in [4.78, 5) is 18.6. The first-order chi connectivity index (χ1) is 10.6. The second kappa shape index (κ2) is 6.19. The molecule has 0 aliphatic heterocycles. The van der Waals surface area contributed by atoms with Gasteiger partial charge in [0.25, 0.3) is 0 Å². The smallest absolute Gasteiger partial charge is 0.275 e. The predicted octanol–water partition coefficient (Wildman–Crippen LogP) is 3.43. The molecular formula is C12H10F5N3OS2. The minimum Gasteiger partial charge on any atom is -0.275 e. The first kappa shape index (κ1) is 17.9. The fourth-order valence-corrected chi connectivity index (χ4v) is 3.09. The SMILES string of the molecule is CSc1nc(C)n(Cc2ccc(C(F)(F)C(F)(F)F)s2)c(=O)n1. The van der Waals surface area contributed by atoms with Gasteiger partial charge in [-0.25, -0.2) is 9.78 Å². The topological polar surface area (TPSA) is 47.8 Å². The summed E-state index contributed by atoms with van der Waals surface area (Å²) in [6.07, 6.45) is -3.98. The highest BCUT2D eigenvalue weighted by Gasteiger charge is 2.59. The van der Waals surface area contributed by atoms with E-state index in [1.807, 2.05) is 0 Å². The van der Waals surface area contributed by atoms with Crippen LogP contribution in [-0.4, -0.2) is 27.0 Å². The molecule has 0 N–H and O–H groups in total. The molecule has 0 aromatic carbocycles. The summed E-state index contributed by atoms with van der Waals surface area (Å²) in [5.74, 6) is -4.62. The monoisotopic (exact) mass is 371 g/mol. The number of hydrogen-bond acceptors (Lipinski definition) is 5. The molecule has 0 atom stereocenters. The van der Waals surface area contributed by atoms with Crippen LogP contribution in [0.2, 0.25) is 0 Å². The number of alkyl halides is 5. The average molecular weight is 371 g/mol. The van der Waals surface area contributed by atoms with E-state index in [4.69, 9.17) is 0 Å². The molecule has 2 heterocycles. The number of rotatable bonds is 4. The van der Waals surface area contributed by atoms with E-state index in [0.717, 1.165) is 10.6 Å². The maximum absolute atomic E-state index is 13.3. The Morgan fingerprint density at radius 3 is 2.39 bits per heavy atom. The van der Waals surface area contributed by atoms with Crippen molar-refractivity contribution in [3.8, 4) is 0 Å². The Balaban J connectivity index is 2.32. The van der Waals surface area contributed by atoms with Crippen LogP contribution in [0.25, 0.3) is 0 Å². The summed E-state index contributed by atoms with van der Waals surface area (Å²) < 4.78 is 64.7. The molecule has 0 saturated carbocycles. The first-order valence-corrected chi connectivity index (χ1v) is 8.13. The Kier molecular flexibility index (Phi) is 4.81. The fraction of sp³-hybridized carbons (Fsp3) is 0.417. The molecule has 2 aromatic rings. The molecule has 126 valence electrons. The minimum absolute atomic E-state index is 0.169. The maximum atomic E-state index is 13.3. The Bertz CT molecular complexity index is 769. The zero-order chi connectivity index (χ0) is 17.4. The highest BCUT2D eigenvalue weighted by molar-refractivity contribution is 7.98. The number of nitrogens with zero attached hydrogens (tertiary/aromatic N) is 3. The summed E-state index contributed by atoms with van der Waals surface area (Å²) in [7, 11) is 0. The van der Waals surface area contributed by atoms with E-state index in [2.05, 4.69) is 9.97 Å². The third kappa shape index (κ3) is 3.55. The Morgan fingerprint density at radius 2 is 1.87 bits per heavy atom. The molecule has 0 spiro atoms. The van der Waals surface area contributed by atoms with Crippen LogP contribution in [0.15, 0.2) is 22.1 Å². The number of aromatic nitrogens is 3. The number of hydrogen-bond donors (Lipinski definition) is 0. The highest BCUT2D eigenvalue weighted by Crippen LogP contribution is 2.46. The van der Waals surface area contributed by atoms with Gasteiger partial charge in [0.2, 0.25) is 0 Å². The van der Waals surface area contributed by atoms with Gasteiger partial charge in [0.05, 0.1) is 11.4 Å². The molecule has 0 radical (unpaired) electrons. The largest absolute Gasteiger partial charge is 0.458 e. The number of thioether (sulfide) groups is 1. The van der Waals surface area contributed by atoms with Crippen molar-refractivity contribution in [2.24, 2.45) is 0 Å². The van der Waals surface area contributed by atoms with Gasteiger partial charge in [-0.1, -0.05) is 11.8 Å². The van der Waals surface area contributed by atoms with Crippen LogP contribution in [0.5, 0.6) is 0 Å². The summed E-state index contributed by atoms with van der Waals surface area (Å²) in [6.45, 7) is 1.36. The van der Waals surface area contributed by atoms with Crippen molar-refractivity contribution in [2.75, 3.05) is 6.26 Å². The van der Waals surface area contributed by atoms with Crippen LogP contribution in [-0.2, 0) is 12.5 Å². The van der Waals surface area contributed by atoms with E-state index in [1.165, 1.54) is 18.7 Å². The van der Waals surface area contributed by atoms with Crippen molar-refractivity contribution in [1.29, 1.82) is 0 Å². The molecule has 0 aliphatic carbocycles. The molecule has 0 unspecified atom stereocenters. The summed E-state index contributed by atoms with van der Waals surface area (Å²) in [6, 6.07) is 1.85. The highest BCUT2D eigenvalue weighted by atomic mass is 32.2. The van der Waals surface area contributed by atoms with E-state index in [0.29, 0.717) is 23.2 Å². The molecule has 0 amide bonds. The normalized spacial score (nSPS) is 12.7. The van der Waals surface area contributed by atoms with Gasteiger partial charge in [0.1, 0.15) is 5.82 Å². The standard InChI is InChI=1S/C12H10F5N3OS2/c1-6-18-9(22-2)19-10(21)20(6)5-7-3-4-8(23-7)11(13,14)12(15,16)17/h3-4H,5H2,1-2H3. The Labute approximate surface area is 135 Å². The first-order valence-electron chi connectivity index (χ1n) is 6.09. The van der Waals surface area contributed by atoms with E-state index >= 15 is 0 Å². The van der Waals surface area contributed by atoms with E-state index in [1.54, 1.807) is 6.26 Å². The van der Waals surface area contributed by atoms with Crippen molar-refractivity contribution in [1.82, 2.24) is 14.5 Å². The molecule has 0 aliphatic rings. The van der Waals surface area contributed by atoms with Crippen LogP contribution in [0.1, 0.15) is 15.6 Å². The lowest BCUT2D eigenvalue weighted by Gasteiger charge is -2.17. The van der Waals surface area contributed by atoms with Gasteiger partial charge in [0, 0.05) is 4.88 Å². The van der Waals surface area contributed by atoms with Gasteiger partial charge in [-0.3, -0.25) is 4.57 Å². The molecular weight excluding hydrogens is 361 g/mol. The van der Waals surface area contributed by atoms with Gasteiger partial charge < -0.3 is 0 Å². The average Bonchev–Trinajstić information content (AvgIpc) is 2.90. The lowest BCUT2D eigenvalue weighted by Crippen LogP contribution is -2.32. The molecule has 11 heteroatoms. The van der Waals surface area contributed by atoms with Crippen LogP contribution >= 0.6 is 23.1 Å². The Hall–Kier alpha value is -1.49. The summed E-state index contributed by atoms with van der Waals surface area (Å²) >= 11 is 1.46. The van der Waals surface area contributed by atoms with Crippen molar-refractivity contribution < 1.29 is 22.0 Å². The summed E-state index contributed by atoms with van der Waals surface area (Å²) in [5.41, 5.74) is -0.639. The van der Waals surface area contributed by atoms with E-state index in [-0.39, 0.29) is 16.6 Å². The third-order valence-electron chi connectivity index (χ3n) is 2.89. The Morgan fingerprint density at radius 1 is 1.22 bits per heavy atom. The zero-order valence-electron chi connectivity index (χ0n) is 11.8. The lowest BCUT2D eigenvalue weighted by atomic mass is 10.2. The van der Waals surface area contributed by atoms with Crippen LogP contribution < -0.4 is 5.69 Å². The predicted molar refractivity (Wildman–Crippen MR) is 76.2 cm³/mol. The van der Waals surface area contributed by atoms with E-state index in [9.17, 15) is 26.7 Å². The van der Waals surface area contributed by atoms with Gasteiger partial charge in [-0.2, -0.15) is 26.9 Å².